The molecular weight excluding hydrogens is 394 g/mol. The zero-order valence-electron chi connectivity index (χ0n) is 17.9. The van der Waals surface area contributed by atoms with Gasteiger partial charge in [0.2, 0.25) is 0 Å². The first-order valence-corrected chi connectivity index (χ1v) is 10.9. The molecule has 2 amide bonds. The van der Waals surface area contributed by atoms with Crippen molar-refractivity contribution in [3.8, 4) is 0 Å². The maximum absolute atomic E-state index is 13.4. The molecule has 1 aromatic carbocycles. The van der Waals surface area contributed by atoms with Gasteiger partial charge < -0.3 is 4.57 Å². The van der Waals surface area contributed by atoms with Gasteiger partial charge in [0, 0.05) is 17.4 Å². The summed E-state index contributed by atoms with van der Waals surface area (Å²) in [6.45, 7) is 8.10. The Morgan fingerprint density at radius 1 is 1.10 bits per heavy atom. The lowest BCUT2D eigenvalue weighted by Gasteiger charge is -2.30. The number of anilines is 1. The topological polar surface area (TPSA) is 54.3 Å². The molecule has 0 radical (unpaired) electrons. The van der Waals surface area contributed by atoms with Gasteiger partial charge in [-0.2, -0.15) is 0 Å². The van der Waals surface area contributed by atoms with Crippen LogP contribution in [-0.4, -0.2) is 21.5 Å². The van der Waals surface area contributed by atoms with Crippen molar-refractivity contribution >= 4 is 40.9 Å². The molecule has 2 aliphatic rings. The Balaban J connectivity index is 1.75. The van der Waals surface area contributed by atoms with Crippen LogP contribution in [0.1, 0.15) is 59.8 Å². The van der Waals surface area contributed by atoms with E-state index >= 15 is 0 Å². The second kappa shape index (κ2) is 7.84. The average molecular weight is 422 g/mol. The van der Waals surface area contributed by atoms with Gasteiger partial charge in [-0.25, -0.2) is 0 Å². The lowest BCUT2D eigenvalue weighted by atomic mass is 10.0. The van der Waals surface area contributed by atoms with Crippen LogP contribution in [0, 0.1) is 27.7 Å². The van der Waals surface area contributed by atoms with Gasteiger partial charge in [-0.15, -0.1) is 0 Å². The molecule has 2 aromatic rings. The van der Waals surface area contributed by atoms with E-state index in [1.807, 2.05) is 32.0 Å². The molecule has 2 heterocycles. The van der Waals surface area contributed by atoms with Crippen molar-refractivity contribution in [1.29, 1.82) is 0 Å². The van der Waals surface area contributed by atoms with Crippen molar-refractivity contribution in [3.05, 3.63) is 57.9 Å². The zero-order valence-corrected chi connectivity index (χ0v) is 18.7. The molecule has 5 nitrogen and oxygen atoms in total. The second-order valence-electron chi connectivity index (χ2n) is 8.31. The van der Waals surface area contributed by atoms with E-state index in [-0.39, 0.29) is 16.6 Å². The van der Waals surface area contributed by atoms with Crippen LogP contribution < -0.4 is 10.2 Å². The first-order chi connectivity index (χ1) is 14.3. The number of aryl methyl sites for hydroxylation is 2. The molecule has 156 valence electrons. The Morgan fingerprint density at radius 3 is 2.50 bits per heavy atom. The maximum atomic E-state index is 13.4. The van der Waals surface area contributed by atoms with Crippen LogP contribution >= 0.6 is 12.2 Å². The predicted octanol–water partition coefficient (Wildman–Crippen LogP) is 4.67. The van der Waals surface area contributed by atoms with E-state index in [1.165, 1.54) is 30.6 Å². The smallest absolute Gasteiger partial charge is 0.270 e. The summed E-state index contributed by atoms with van der Waals surface area (Å²) in [6, 6.07) is 8.31. The maximum Gasteiger partial charge on any atom is 0.270 e. The van der Waals surface area contributed by atoms with Gasteiger partial charge in [0.05, 0.1) is 5.69 Å². The van der Waals surface area contributed by atoms with Gasteiger partial charge in [0.15, 0.2) is 5.11 Å². The number of aromatic nitrogens is 1. The van der Waals surface area contributed by atoms with E-state index in [0.717, 1.165) is 28.1 Å². The SMILES string of the molecule is Cc1cccc(N2C(=O)/C(=C\c3cc(C)n(C4CCCC4)c3C)C(=O)NC2=S)c1C. The number of carbonyl (C=O) groups is 2. The number of amides is 2. The molecule has 0 atom stereocenters. The largest absolute Gasteiger partial charge is 0.346 e. The highest BCUT2D eigenvalue weighted by molar-refractivity contribution is 7.80. The summed E-state index contributed by atoms with van der Waals surface area (Å²) in [7, 11) is 0. The standard InChI is InChI=1S/C24H27N3O2S/c1-14-8-7-11-21(16(14)3)27-23(29)20(22(28)25-24(27)30)13-18-12-15(2)26(17(18)4)19-9-5-6-10-19/h7-8,11-13,19H,5-6,9-10H2,1-4H3,(H,25,28,30)/b20-13-. The van der Waals surface area contributed by atoms with Crippen molar-refractivity contribution in [2.45, 2.75) is 59.4 Å². The molecule has 1 saturated heterocycles. The quantitative estimate of drug-likeness (QED) is 0.445. The molecular formula is C24H27N3O2S. The highest BCUT2D eigenvalue weighted by atomic mass is 32.1. The lowest BCUT2D eigenvalue weighted by Crippen LogP contribution is -2.54. The number of thiocarbonyl (C=S) groups is 1. The fraction of sp³-hybridized carbons (Fsp3) is 0.375. The van der Waals surface area contributed by atoms with Crippen molar-refractivity contribution in [3.63, 3.8) is 0 Å². The molecule has 6 heteroatoms. The van der Waals surface area contributed by atoms with Crippen molar-refractivity contribution in [2.75, 3.05) is 4.90 Å². The van der Waals surface area contributed by atoms with Gasteiger partial charge in [-0.1, -0.05) is 25.0 Å². The highest BCUT2D eigenvalue weighted by Gasteiger charge is 2.35. The Morgan fingerprint density at radius 2 is 1.80 bits per heavy atom. The minimum Gasteiger partial charge on any atom is -0.346 e. The Kier molecular flexibility index (Phi) is 5.36. The number of benzene rings is 1. The molecule has 0 bridgehead atoms. The number of nitrogens with zero attached hydrogens (tertiary/aromatic N) is 2. The van der Waals surface area contributed by atoms with Crippen LogP contribution in [0.15, 0.2) is 29.8 Å². The van der Waals surface area contributed by atoms with Crippen LogP contribution in [0.5, 0.6) is 0 Å². The Bertz CT molecular complexity index is 1090. The minimum absolute atomic E-state index is 0.108. The van der Waals surface area contributed by atoms with Gasteiger partial charge in [-0.05, 0) is 87.7 Å². The molecule has 2 fully saturated rings. The van der Waals surface area contributed by atoms with Crippen molar-refractivity contribution in [1.82, 2.24) is 9.88 Å². The van der Waals surface area contributed by atoms with Gasteiger partial charge in [0.1, 0.15) is 5.57 Å². The number of nitrogens with one attached hydrogen (secondary N) is 1. The first kappa shape index (κ1) is 20.5. The fourth-order valence-electron chi connectivity index (χ4n) is 4.68. The van der Waals surface area contributed by atoms with E-state index in [2.05, 4.69) is 29.8 Å². The van der Waals surface area contributed by atoms with Crippen LogP contribution in [0.25, 0.3) is 6.08 Å². The third-order valence-corrected chi connectivity index (χ3v) is 6.72. The van der Waals surface area contributed by atoms with Gasteiger partial charge >= 0.3 is 0 Å². The highest BCUT2D eigenvalue weighted by Crippen LogP contribution is 2.34. The normalized spacial score (nSPS) is 19.1. The summed E-state index contributed by atoms with van der Waals surface area (Å²) in [4.78, 5) is 27.5. The molecule has 1 aliphatic carbocycles. The summed E-state index contributed by atoms with van der Waals surface area (Å²) >= 11 is 5.35. The van der Waals surface area contributed by atoms with Crippen LogP contribution in [0.2, 0.25) is 0 Å². The first-order valence-electron chi connectivity index (χ1n) is 10.5. The van der Waals surface area contributed by atoms with Crippen LogP contribution in [0.3, 0.4) is 0 Å². The predicted molar refractivity (Wildman–Crippen MR) is 124 cm³/mol. The van der Waals surface area contributed by atoms with E-state index in [0.29, 0.717) is 11.7 Å². The summed E-state index contributed by atoms with van der Waals surface area (Å²) in [5.41, 5.74) is 6.00. The molecule has 1 aromatic heterocycles. The van der Waals surface area contributed by atoms with E-state index < -0.39 is 5.91 Å². The second-order valence-corrected chi connectivity index (χ2v) is 8.70. The average Bonchev–Trinajstić information content (AvgIpc) is 3.30. The summed E-state index contributed by atoms with van der Waals surface area (Å²) in [6.07, 6.45) is 6.58. The summed E-state index contributed by atoms with van der Waals surface area (Å²) in [5, 5.41) is 2.81. The molecule has 4 rings (SSSR count). The van der Waals surface area contributed by atoms with Crippen molar-refractivity contribution < 1.29 is 9.59 Å². The summed E-state index contributed by atoms with van der Waals surface area (Å²) in [5.74, 6) is -0.833. The lowest BCUT2D eigenvalue weighted by molar-refractivity contribution is -0.122. The molecule has 1 aliphatic heterocycles. The number of hydrogen-bond acceptors (Lipinski definition) is 3. The number of rotatable bonds is 3. The van der Waals surface area contributed by atoms with Gasteiger partial charge in [0.25, 0.3) is 11.8 Å². The molecule has 30 heavy (non-hydrogen) atoms. The molecule has 1 N–H and O–H groups in total. The molecule has 1 saturated carbocycles. The Hall–Kier alpha value is -2.73. The van der Waals surface area contributed by atoms with E-state index in [9.17, 15) is 9.59 Å². The third kappa shape index (κ3) is 3.39. The monoisotopic (exact) mass is 421 g/mol. The summed E-state index contributed by atoms with van der Waals surface area (Å²) < 4.78 is 2.36. The third-order valence-electron chi connectivity index (χ3n) is 6.43. The van der Waals surface area contributed by atoms with E-state index in [4.69, 9.17) is 12.2 Å². The Labute approximate surface area is 182 Å². The van der Waals surface area contributed by atoms with E-state index in [1.54, 1.807) is 6.08 Å². The number of hydrogen-bond donors (Lipinski definition) is 1. The minimum atomic E-state index is -0.447. The van der Waals surface area contributed by atoms with Crippen molar-refractivity contribution in [2.24, 2.45) is 0 Å². The number of carbonyl (C=O) groups excluding carboxylic acids is 2. The molecule has 0 spiro atoms. The van der Waals surface area contributed by atoms with Crippen LogP contribution in [0.4, 0.5) is 5.69 Å². The zero-order chi connectivity index (χ0) is 21.6. The van der Waals surface area contributed by atoms with Crippen LogP contribution in [-0.2, 0) is 9.59 Å². The molecule has 0 unspecified atom stereocenters. The van der Waals surface area contributed by atoms with Gasteiger partial charge in [-0.3, -0.25) is 19.8 Å². The fourth-order valence-corrected chi connectivity index (χ4v) is 4.96.